The molecule has 17 heavy (non-hydrogen) atoms. The van der Waals surface area contributed by atoms with Gasteiger partial charge in [0, 0.05) is 17.6 Å². The first-order valence-corrected chi connectivity index (χ1v) is 6.35. The predicted molar refractivity (Wildman–Crippen MR) is 65.5 cm³/mol. The van der Waals surface area contributed by atoms with Crippen molar-refractivity contribution in [3.63, 3.8) is 0 Å². The van der Waals surface area contributed by atoms with Crippen LogP contribution in [0.15, 0.2) is 0 Å². The summed E-state index contributed by atoms with van der Waals surface area (Å²) in [5, 5.41) is 10.3. The van der Waals surface area contributed by atoms with Gasteiger partial charge >= 0.3 is 5.30 Å². The Morgan fingerprint density at radius 3 is 2.18 bits per heavy atom. The number of aliphatic carboxylic acids is 1. The Hall–Kier alpha value is -0.750. The summed E-state index contributed by atoms with van der Waals surface area (Å²) in [7, 11) is 5.73. The summed E-state index contributed by atoms with van der Waals surface area (Å²) in [5.74, 6) is -1.20. The highest BCUT2D eigenvalue weighted by Gasteiger charge is 2.23. The molecule has 0 aliphatic heterocycles. The summed E-state index contributed by atoms with van der Waals surface area (Å²) in [5.41, 5.74) is 0. The van der Waals surface area contributed by atoms with Crippen LogP contribution in [-0.2, 0) is 9.53 Å². The van der Waals surface area contributed by atoms with E-state index in [0.717, 1.165) is 11.8 Å². The molecule has 0 amide bonds. The number of carboxylic acids is 1. The number of carbonyl (C=O) groups excluding carboxylic acids is 2. The molecular formula is C11H21NO4S. The van der Waals surface area contributed by atoms with E-state index in [1.807, 2.05) is 35.0 Å². The van der Waals surface area contributed by atoms with Gasteiger partial charge in [0.25, 0.3) is 0 Å². The van der Waals surface area contributed by atoms with E-state index in [9.17, 15) is 14.7 Å². The van der Waals surface area contributed by atoms with Crippen molar-refractivity contribution >= 4 is 23.0 Å². The number of rotatable bonds is 6. The molecule has 0 aromatic rings. The average Bonchev–Trinajstić information content (AvgIpc) is 1.95. The summed E-state index contributed by atoms with van der Waals surface area (Å²) in [6, 6.07) is 0. The van der Waals surface area contributed by atoms with Gasteiger partial charge in [0.15, 0.2) is 6.10 Å². The van der Waals surface area contributed by atoms with E-state index in [1.165, 1.54) is 0 Å². The summed E-state index contributed by atoms with van der Waals surface area (Å²) < 4.78 is 5.66. The molecule has 0 bridgehead atoms. The number of hydrogen-bond donors (Lipinski definition) is 0. The average molecular weight is 263 g/mol. The van der Waals surface area contributed by atoms with E-state index in [2.05, 4.69) is 0 Å². The van der Waals surface area contributed by atoms with Gasteiger partial charge in [0.05, 0.1) is 21.1 Å². The van der Waals surface area contributed by atoms with Crippen molar-refractivity contribution in [1.29, 1.82) is 0 Å². The van der Waals surface area contributed by atoms with Crippen LogP contribution in [0.3, 0.4) is 0 Å². The molecule has 0 saturated carbocycles. The van der Waals surface area contributed by atoms with Gasteiger partial charge in [-0.3, -0.25) is 0 Å². The first-order chi connectivity index (χ1) is 7.60. The van der Waals surface area contributed by atoms with Crippen molar-refractivity contribution in [3.05, 3.63) is 0 Å². The lowest BCUT2D eigenvalue weighted by Gasteiger charge is -2.29. The van der Waals surface area contributed by atoms with E-state index >= 15 is 0 Å². The lowest BCUT2D eigenvalue weighted by Crippen LogP contribution is -2.44. The summed E-state index contributed by atoms with van der Waals surface area (Å²) in [4.78, 5) is 22.0. The monoisotopic (exact) mass is 263 g/mol. The Balaban J connectivity index is 4.38. The predicted octanol–water partition coefficient (Wildman–Crippen LogP) is 0.479. The molecule has 0 unspecified atom stereocenters. The molecule has 0 rings (SSSR count). The van der Waals surface area contributed by atoms with E-state index in [0.29, 0.717) is 11.0 Å². The maximum atomic E-state index is 11.5. The molecule has 6 heteroatoms. The topological polar surface area (TPSA) is 66.4 Å². The second-order valence-electron chi connectivity index (χ2n) is 5.21. The fourth-order valence-electron chi connectivity index (χ4n) is 1.30. The minimum atomic E-state index is -1.20. The normalized spacial score (nSPS) is 13.5. The van der Waals surface area contributed by atoms with E-state index < -0.39 is 17.4 Å². The molecule has 0 saturated heterocycles. The third-order valence-corrected chi connectivity index (χ3v) is 2.50. The number of hydrogen-bond acceptors (Lipinski definition) is 5. The molecule has 0 aliphatic rings. The van der Waals surface area contributed by atoms with Crippen LogP contribution in [0.25, 0.3) is 0 Å². The van der Waals surface area contributed by atoms with Gasteiger partial charge in [0.2, 0.25) is 0 Å². The molecule has 1 atom stereocenters. The molecule has 100 valence electrons. The maximum absolute atomic E-state index is 11.5. The molecule has 0 radical (unpaired) electrons. The fraction of sp³-hybridized carbons (Fsp3) is 0.818. The number of thioether (sulfide) groups is 1. The van der Waals surface area contributed by atoms with Crippen molar-refractivity contribution in [2.24, 2.45) is 0 Å². The van der Waals surface area contributed by atoms with Crippen LogP contribution >= 0.6 is 11.8 Å². The van der Waals surface area contributed by atoms with Gasteiger partial charge in [-0.2, -0.15) is 0 Å². The van der Waals surface area contributed by atoms with Crippen LogP contribution in [0.1, 0.15) is 20.3 Å². The molecule has 0 fully saturated rings. The molecule has 5 nitrogen and oxygen atoms in total. The van der Waals surface area contributed by atoms with Crippen LogP contribution < -0.4 is 5.11 Å². The smallest absolute Gasteiger partial charge is 0.368 e. The van der Waals surface area contributed by atoms with Gasteiger partial charge in [-0.15, -0.1) is 0 Å². The number of ether oxygens (including phenoxy) is 1. The highest BCUT2D eigenvalue weighted by atomic mass is 32.2. The lowest BCUT2D eigenvalue weighted by atomic mass is 10.2. The highest BCUT2D eigenvalue weighted by Crippen LogP contribution is 2.16. The first-order valence-electron chi connectivity index (χ1n) is 5.47. The zero-order valence-corrected chi connectivity index (χ0v) is 11.9. The third kappa shape index (κ3) is 10.1. The van der Waals surface area contributed by atoms with Gasteiger partial charge in [-0.25, -0.2) is 4.79 Å². The zero-order chi connectivity index (χ0) is 13.6. The van der Waals surface area contributed by atoms with E-state index in [4.69, 9.17) is 4.74 Å². The molecular weight excluding hydrogens is 242 g/mol. The maximum Gasteiger partial charge on any atom is 0.368 e. The molecule has 0 spiro atoms. The second kappa shape index (κ2) is 6.86. The van der Waals surface area contributed by atoms with Crippen molar-refractivity contribution < 1.29 is 23.9 Å². The largest absolute Gasteiger partial charge is 0.550 e. The third-order valence-electron chi connectivity index (χ3n) is 1.74. The van der Waals surface area contributed by atoms with Crippen molar-refractivity contribution in [2.75, 3.05) is 27.7 Å². The van der Waals surface area contributed by atoms with Crippen LogP contribution in [-0.4, -0.2) is 54.8 Å². The van der Waals surface area contributed by atoms with Crippen molar-refractivity contribution in [3.8, 4) is 0 Å². The number of carboxylic acid groups (broad SMARTS) is 1. The van der Waals surface area contributed by atoms with Crippen molar-refractivity contribution in [1.82, 2.24) is 0 Å². The van der Waals surface area contributed by atoms with E-state index in [1.54, 1.807) is 0 Å². The number of likely N-dealkylation sites (N-methyl/N-ethyl adjacent to an activating group) is 1. The van der Waals surface area contributed by atoms with Gasteiger partial charge in [-0.1, -0.05) is 13.8 Å². The lowest BCUT2D eigenvalue weighted by molar-refractivity contribution is -0.873. The molecule has 0 aromatic heterocycles. The molecule has 0 N–H and O–H groups in total. The van der Waals surface area contributed by atoms with Gasteiger partial charge < -0.3 is 19.1 Å². The summed E-state index contributed by atoms with van der Waals surface area (Å²) in [6.45, 7) is 4.19. The first kappa shape index (κ1) is 16.2. The molecule has 0 aromatic carbocycles. The number of nitrogens with zero attached hydrogens (tertiary/aromatic N) is 1. The van der Waals surface area contributed by atoms with Gasteiger partial charge in [0.1, 0.15) is 6.54 Å². The highest BCUT2D eigenvalue weighted by molar-refractivity contribution is 8.13. The Bertz CT molecular complexity index is 273. The van der Waals surface area contributed by atoms with Crippen LogP contribution in [0, 0.1) is 0 Å². The zero-order valence-electron chi connectivity index (χ0n) is 11.1. The summed E-state index contributed by atoms with van der Waals surface area (Å²) >= 11 is 1.05. The quantitative estimate of drug-likeness (QED) is 0.515. The Morgan fingerprint density at radius 2 is 1.82 bits per heavy atom. The van der Waals surface area contributed by atoms with E-state index in [-0.39, 0.29) is 11.7 Å². The minimum absolute atomic E-state index is 0.121. The second-order valence-corrected chi connectivity index (χ2v) is 6.72. The number of carbonyl (C=O) groups is 2. The standard InChI is InChI=1S/C11H21NO4S/c1-8(2)17-11(15)16-9(6-10(13)14)7-12(3,4)5/h8-9H,6-7H2,1-5H3/t9-/m0/s1. The Kier molecular flexibility index (Phi) is 6.56. The minimum Gasteiger partial charge on any atom is -0.550 e. The van der Waals surface area contributed by atoms with Crippen LogP contribution in [0.5, 0.6) is 0 Å². The van der Waals surface area contributed by atoms with Gasteiger partial charge in [-0.05, 0) is 11.8 Å². The Morgan fingerprint density at radius 1 is 1.29 bits per heavy atom. The molecule has 0 heterocycles. The molecule has 0 aliphatic carbocycles. The van der Waals surface area contributed by atoms with Crippen molar-refractivity contribution in [2.45, 2.75) is 31.6 Å². The number of quaternary nitrogens is 1. The Labute approximate surface area is 107 Å². The fourth-order valence-corrected chi connectivity index (χ4v) is 1.87. The van der Waals surface area contributed by atoms with Crippen LogP contribution in [0.4, 0.5) is 4.79 Å². The van der Waals surface area contributed by atoms with Crippen LogP contribution in [0.2, 0.25) is 0 Å². The SMILES string of the molecule is CC(C)SC(=O)O[C@@H](CC(=O)[O-])C[N+](C)(C)C. The summed E-state index contributed by atoms with van der Waals surface area (Å²) in [6.07, 6.45) is -0.904.